The normalized spacial score (nSPS) is 12.2. The highest BCUT2D eigenvalue weighted by Gasteiger charge is 2.32. The molecule has 2 amide bonds. The van der Waals surface area contributed by atoms with Crippen LogP contribution in [-0.2, 0) is 26.2 Å². The average Bonchev–Trinajstić information content (AvgIpc) is 2.81. The number of para-hydroxylation sites is 1. The largest absolute Gasteiger partial charge is 0.497 e. The van der Waals surface area contributed by atoms with Crippen LogP contribution in [0.1, 0.15) is 51.2 Å². The van der Waals surface area contributed by atoms with Crippen LogP contribution in [0.2, 0.25) is 0 Å². The summed E-state index contributed by atoms with van der Waals surface area (Å²) >= 11 is 0. The van der Waals surface area contributed by atoms with Gasteiger partial charge in [0, 0.05) is 13.1 Å². The molecule has 2 aromatic rings. The minimum atomic E-state index is -3.78. The van der Waals surface area contributed by atoms with Gasteiger partial charge in [-0.25, -0.2) is 8.42 Å². The van der Waals surface area contributed by atoms with Gasteiger partial charge in [0.1, 0.15) is 18.3 Å². The number of likely N-dealkylation sites (N-methyl/N-ethyl adjacent to an activating group) is 1. The molecule has 0 bridgehead atoms. The number of methoxy groups -OCH3 is 1. The van der Waals surface area contributed by atoms with E-state index >= 15 is 0 Å². The predicted molar refractivity (Wildman–Crippen MR) is 139 cm³/mol. The molecular weight excluding hydrogens is 466 g/mol. The summed E-state index contributed by atoms with van der Waals surface area (Å²) in [6.07, 6.45) is 1.47. The summed E-state index contributed by atoms with van der Waals surface area (Å²) in [6.45, 7) is 7.73. The Balaban J connectivity index is 2.51. The van der Waals surface area contributed by atoms with E-state index in [0.717, 1.165) is 21.7 Å². The lowest BCUT2D eigenvalue weighted by atomic mass is 10.0. The van der Waals surface area contributed by atoms with Crippen molar-refractivity contribution < 1.29 is 22.7 Å². The molecule has 0 saturated carbocycles. The van der Waals surface area contributed by atoms with E-state index in [4.69, 9.17) is 4.74 Å². The van der Waals surface area contributed by atoms with Gasteiger partial charge >= 0.3 is 0 Å². The van der Waals surface area contributed by atoms with Gasteiger partial charge in [-0.3, -0.25) is 13.9 Å². The second-order valence-electron chi connectivity index (χ2n) is 8.67. The first-order valence-electron chi connectivity index (χ1n) is 11.8. The summed E-state index contributed by atoms with van der Waals surface area (Å²) in [5, 5.41) is 2.79. The molecule has 0 radical (unpaired) electrons. The molecular formula is C26H37N3O5S. The van der Waals surface area contributed by atoms with Crippen LogP contribution < -0.4 is 14.4 Å². The van der Waals surface area contributed by atoms with E-state index in [1.807, 2.05) is 52.0 Å². The Morgan fingerprint density at radius 3 is 2.31 bits per heavy atom. The van der Waals surface area contributed by atoms with E-state index in [-0.39, 0.29) is 18.4 Å². The maximum atomic E-state index is 13.7. The van der Waals surface area contributed by atoms with Gasteiger partial charge in [-0.15, -0.1) is 0 Å². The number of sulfonamides is 1. The standard InChI is InChI=1S/C26H37N3O5S/c1-7-23(26(31)27-8-2)28(17-20-12-11-13-21(16-20)34-5)25(30)18-29(35(6,32)33)24-15-10-9-14-22(24)19(3)4/h9-16,19,23H,7-8,17-18H2,1-6H3,(H,27,31)/t23-/m0/s1. The van der Waals surface area contributed by atoms with Gasteiger partial charge in [0.2, 0.25) is 21.8 Å². The topological polar surface area (TPSA) is 96.0 Å². The molecule has 8 nitrogen and oxygen atoms in total. The van der Waals surface area contributed by atoms with E-state index in [1.165, 1.54) is 4.90 Å². The number of carbonyl (C=O) groups excluding carboxylic acids is 2. The molecule has 2 rings (SSSR count). The first-order valence-corrected chi connectivity index (χ1v) is 13.6. The Bertz CT molecular complexity index is 1120. The van der Waals surface area contributed by atoms with Crippen LogP contribution in [0.15, 0.2) is 48.5 Å². The Kier molecular flexibility index (Phi) is 10.1. The predicted octanol–water partition coefficient (Wildman–Crippen LogP) is 3.53. The maximum Gasteiger partial charge on any atom is 0.244 e. The Morgan fingerprint density at radius 2 is 1.74 bits per heavy atom. The third-order valence-corrected chi connectivity index (χ3v) is 6.86. The van der Waals surface area contributed by atoms with Crippen LogP contribution in [-0.4, -0.2) is 57.6 Å². The third kappa shape index (κ3) is 7.45. The van der Waals surface area contributed by atoms with Crippen molar-refractivity contribution in [3.05, 3.63) is 59.7 Å². The fraction of sp³-hybridized carbons (Fsp3) is 0.462. The molecule has 9 heteroatoms. The van der Waals surface area contributed by atoms with Crippen LogP contribution in [0.4, 0.5) is 5.69 Å². The molecule has 0 aromatic heterocycles. The first kappa shape index (κ1) is 28.2. The molecule has 0 aliphatic rings. The highest BCUT2D eigenvalue weighted by atomic mass is 32.2. The number of benzene rings is 2. The first-order chi connectivity index (χ1) is 16.5. The SMILES string of the molecule is CCNC(=O)[C@H](CC)N(Cc1cccc(OC)c1)C(=O)CN(c1ccccc1C(C)C)S(C)(=O)=O. The highest BCUT2D eigenvalue weighted by molar-refractivity contribution is 7.92. The maximum absolute atomic E-state index is 13.7. The average molecular weight is 504 g/mol. The molecule has 35 heavy (non-hydrogen) atoms. The lowest BCUT2D eigenvalue weighted by molar-refractivity contribution is -0.140. The Morgan fingerprint density at radius 1 is 1.06 bits per heavy atom. The zero-order chi connectivity index (χ0) is 26.2. The van der Waals surface area contributed by atoms with Gasteiger partial charge in [0.15, 0.2) is 0 Å². The van der Waals surface area contributed by atoms with Crippen molar-refractivity contribution >= 4 is 27.5 Å². The van der Waals surface area contributed by atoms with Crippen molar-refractivity contribution in [3.63, 3.8) is 0 Å². The van der Waals surface area contributed by atoms with Gasteiger partial charge in [-0.2, -0.15) is 0 Å². The lowest BCUT2D eigenvalue weighted by Crippen LogP contribution is -2.52. The summed E-state index contributed by atoms with van der Waals surface area (Å²) in [5.74, 6) is -0.0589. The van der Waals surface area contributed by atoms with Gasteiger partial charge in [-0.05, 0) is 48.6 Å². The van der Waals surface area contributed by atoms with Crippen molar-refractivity contribution in [1.29, 1.82) is 0 Å². The molecule has 0 spiro atoms. The minimum Gasteiger partial charge on any atom is -0.497 e. The smallest absolute Gasteiger partial charge is 0.244 e. The van der Waals surface area contributed by atoms with Crippen molar-refractivity contribution in [2.24, 2.45) is 0 Å². The van der Waals surface area contributed by atoms with Crippen molar-refractivity contribution in [1.82, 2.24) is 10.2 Å². The number of hydrogen-bond donors (Lipinski definition) is 1. The van der Waals surface area contributed by atoms with E-state index in [2.05, 4.69) is 5.32 Å². The Labute approximate surface area is 209 Å². The minimum absolute atomic E-state index is 0.0529. The summed E-state index contributed by atoms with van der Waals surface area (Å²) in [7, 11) is -2.23. The number of carbonyl (C=O) groups is 2. The summed E-state index contributed by atoms with van der Waals surface area (Å²) in [5.41, 5.74) is 2.06. The zero-order valence-electron chi connectivity index (χ0n) is 21.4. The number of rotatable bonds is 12. The molecule has 0 saturated heterocycles. The van der Waals surface area contributed by atoms with Crippen LogP contribution in [0.3, 0.4) is 0 Å². The third-order valence-electron chi connectivity index (χ3n) is 5.73. The van der Waals surface area contributed by atoms with Gasteiger partial charge < -0.3 is 15.0 Å². The molecule has 1 N–H and O–H groups in total. The molecule has 192 valence electrons. The summed E-state index contributed by atoms with van der Waals surface area (Å²) in [4.78, 5) is 28.1. The molecule has 2 aromatic carbocycles. The number of nitrogens with zero attached hydrogens (tertiary/aromatic N) is 2. The summed E-state index contributed by atoms with van der Waals surface area (Å²) in [6, 6.07) is 13.7. The zero-order valence-corrected chi connectivity index (χ0v) is 22.3. The fourth-order valence-electron chi connectivity index (χ4n) is 3.98. The van der Waals surface area contributed by atoms with Crippen LogP contribution in [0.25, 0.3) is 0 Å². The van der Waals surface area contributed by atoms with Crippen LogP contribution in [0.5, 0.6) is 5.75 Å². The second-order valence-corrected chi connectivity index (χ2v) is 10.6. The Hall–Kier alpha value is -3.07. The van der Waals surface area contributed by atoms with E-state index in [0.29, 0.717) is 24.4 Å². The van der Waals surface area contributed by atoms with Gasteiger partial charge in [0.25, 0.3) is 0 Å². The highest BCUT2D eigenvalue weighted by Crippen LogP contribution is 2.29. The van der Waals surface area contributed by atoms with E-state index in [9.17, 15) is 18.0 Å². The number of amides is 2. The fourth-order valence-corrected chi connectivity index (χ4v) is 4.85. The van der Waals surface area contributed by atoms with Crippen LogP contribution >= 0.6 is 0 Å². The molecule has 0 heterocycles. The molecule has 0 aliphatic heterocycles. The summed E-state index contributed by atoms with van der Waals surface area (Å²) < 4.78 is 32.1. The van der Waals surface area contributed by atoms with Crippen molar-refractivity contribution in [3.8, 4) is 5.75 Å². The lowest BCUT2D eigenvalue weighted by Gasteiger charge is -2.33. The van der Waals surface area contributed by atoms with Crippen molar-refractivity contribution in [2.75, 3.05) is 30.8 Å². The molecule has 0 unspecified atom stereocenters. The number of hydrogen-bond acceptors (Lipinski definition) is 5. The van der Waals surface area contributed by atoms with E-state index in [1.54, 1.807) is 31.4 Å². The molecule has 0 aliphatic carbocycles. The molecule has 1 atom stereocenters. The van der Waals surface area contributed by atoms with Crippen LogP contribution in [0, 0.1) is 0 Å². The number of nitrogens with one attached hydrogen (secondary N) is 1. The van der Waals surface area contributed by atoms with Gasteiger partial charge in [0.05, 0.1) is 19.1 Å². The van der Waals surface area contributed by atoms with Crippen molar-refractivity contribution in [2.45, 2.75) is 52.6 Å². The molecule has 0 fully saturated rings. The number of ether oxygens (including phenoxy) is 1. The second kappa shape index (κ2) is 12.6. The quantitative estimate of drug-likeness (QED) is 0.478. The number of anilines is 1. The van der Waals surface area contributed by atoms with Gasteiger partial charge in [-0.1, -0.05) is 51.1 Å². The monoisotopic (exact) mass is 503 g/mol. The van der Waals surface area contributed by atoms with E-state index < -0.39 is 28.5 Å².